The number of carbonyl (C=O) groups excluding carboxylic acids is 3. The summed E-state index contributed by atoms with van der Waals surface area (Å²) in [7, 11) is 0. The molecule has 134 valence electrons. The third kappa shape index (κ3) is 3.95. The number of nitrogens with zero attached hydrogens (tertiary/aromatic N) is 1. The van der Waals surface area contributed by atoms with E-state index in [9.17, 15) is 14.4 Å². The van der Waals surface area contributed by atoms with Crippen LogP contribution in [-0.4, -0.2) is 41.4 Å². The number of benzene rings is 1. The van der Waals surface area contributed by atoms with Crippen molar-refractivity contribution in [3.8, 4) is 0 Å². The molecule has 1 aliphatic heterocycles. The first-order chi connectivity index (χ1) is 12.0. The molecule has 1 heterocycles. The van der Waals surface area contributed by atoms with Gasteiger partial charge in [-0.25, -0.2) is 4.79 Å². The first kappa shape index (κ1) is 17.7. The van der Waals surface area contributed by atoms with Gasteiger partial charge in [-0.2, -0.15) is 0 Å². The van der Waals surface area contributed by atoms with Crippen LogP contribution < -0.4 is 10.6 Å². The van der Waals surface area contributed by atoms with Crippen molar-refractivity contribution < 1.29 is 14.4 Å². The van der Waals surface area contributed by atoms with Crippen LogP contribution in [0.25, 0.3) is 0 Å². The standard InChI is InChI=1S/C18H22ClN3O3/c19-14-5-3-4-13(12-14)6-10-20-15(23)7-11-22-16(24)18(21-17(22)25)8-1-2-9-18/h3-5,12H,1-2,6-11H2,(H,20,23)(H,21,25). The van der Waals surface area contributed by atoms with E-state index in [1.54, 1.807) is 6.07 Å². The normalized spacial score (nSPS) is 18.7. The van der Waals surface area contributed by atoms with Gasteiger partial charge in [-0.05, 0) is 37.0 Å². The molecule has 0 bridgehead atoms. The highest BCUT2D eigenvalue weighted by Gasteiger charge is 2.52. The molecule has 2 aliphatic rings. The molecule has 1 aromatic rings. The van der Waals surface area contributed by atoms with Gasteiger partial charge in [-0.15, -0.1) is 0 Å². The summed E-state index contributed by atoms with van der Waals surface area (Å²) >= 11 is 5.92. The maximum atomic E-state index is 12.5. The van der Waals surface area contributed by atoms with Gasteiger partial charge in [-0.1, -0.05) is 36.6 Å². The molecule has 25 heavy (non-hydrogen) atoms. The van der Waals surface area contributed by atoms with Crippen molar-refractivity contribution >= 4 is 29.4 Å². The van der Waals surface area contributed by atoms with E-state index in [0.29, 0.717) is 30.8 Å². The number of hydrogen-bond donors (Lipinski definition) is 2. The van der Waals surface area contributed by atoms with Crippen molar-refractivity contribution in [1.29, 1.82) is 0 Å². The minimum absolute atomic E-state index is 0.116. The van der Waals surface area contributed by atoms with Gasteiger partial charge in [0.15, 0.2) is 0 Å². The van der Waals surface area contributed by atoms with E-state index >= 15 is 0 Å². The van der Waals surface area contributed by atoms with Gasteiger partial charge in [0.1, 0.15) is 5.54 Å². The van der Waals surface area contributed by atoms with E-state index in [1.165, 1.54) is 4.90 Å². The highest BCUT2D eigenvalue weighted by molar-refractivity contribution is 6.30. The number of rotatable bonds is 6. The van der Waals surface area contributed by atoms with Crippen LogP contribution in [0.5, 0.6) is 0 Å². The van der Waals surface area contributed by atoms with Crippen LogP contribution in [0.4, 0.5) is 4.79 Å². The number of hydrogen-bond acceptors (Lipinski definition) is 3. The average Bonchev–Trinajstić information content (AvgIpc) is 3.12. The maximum Gasteiger partial charge on any atom is 0.325 e. The first-order valence-electron chi connectivity index (χ1n) is 8.65. The van der Waals surface area contributed by atoms with Crippen LogP contribution in [0.3, 0.4) is 0 Å². The Hall–Kier alpha value is -2.08. The van der Waals surface area contributed by atoms with Crippen molar-refractivity contribution in [3.05, 3.63) is 34.9 Å². The predicted octanol–water partition coefficient (Wildman–Crippen LogP) is 2.25. The van der Waals surface area contributed by atoms with Crippen molar-refractivity contribution in [2.45, 2.75) is 44.1 Å². The molecule has 1 aromatic carbocycles. The lowest BCUT2D eigenvalue weighted by molar-refractivity contribution is -0.131. The fraction of sp³-hybridized carbons (Fsp3) is 0.500. The minimum atomic E-state index is -0.708. The quantitative estimate of drug-likeness (QED) is 0.761. The number of carbonyl (C=O) groups is 3. The van der Waals surface area contributed by atoms with E-state index in [0.717, 1.165) is 18.4 Å². The topological polar surface area (TPSA) is 78.5 Å². The molecule has 6 nitrogen and oxygen atoms in total. The molecule has 0 aromatic heterocycles. The number of nitrogens with one attached hydrogen (secondary N) is 2. The van der Waals surface area contributed by atoms with Gasteiger partial charge < -0.3 is 10.6 Å². The summed E-state index contributed by atoms with van der Waals surface area (Å²) < 4.78 is 0. The number of imide groups is 1. The van der Waals surface area contributed by atoms with Gasteiger partial charge in [0.2, 0.25) is 5.91 Å². The Bertz CT molecular complexity index is 686. The average molecular weight is 364 g/mol. The Labute approximate surface area is 151 Å². The van der Waals surface area contributed by atoms with Crippen LogP contribution in [0.2, 0.25) is 5.02 Å². The SMILES string of the molecule is O=C(CCN1C(=O)NC2(CCCC2)C1=O)NCCc1cccc(Cl)c1. The third-order valence-electron chi connectivity index (χ3n) is 4.89. The second-order valence-corrected chi connectivity index (χ2v) is 7.09. The van der Waals surface area contributed by atoms with Crippen molar-refractivity contribution in [1.82, 2.24) is 15.5 Å². The molecule has 2 N–H and O–H groups in total. The van der Waals surface area contributed by atoms with Crippen LogP contribution in [0.15, 0.2) is 24.3 Å². The van der Waals surface area contributed by atoms with E-state index in [2.05, 4.69) is 10.6 Å². The third-order valence-corrected chi connectivity index (χ3v) is 5.13. The Balaban J connectivity index is 1.43. The lowest BCUT2D eigenvalue weighted by Crippen LogP contribution is -2.44. The van der Waals surface area contributed by atoms with Crippen molar-refractivity contribution in [2.75, 3.05) is 13.1 Å². The molecule has 7 heteroatoms. The molecule has 0 radical (unpaired) electrons. The Morgan fingerprint density at radius 3 is 2.76 bits per heavy atom. The van der Waals surface area contributed by atoms with E-state index in [4.69, 9.17) is 11.6 Å². The van der Waals surface area contributed by atoms with Gasteiger partial charge in [0.05, 0.1) is 0 Å². The molecule has 0 unspecified atom stereocenters. The molecule has 1 saturated carbocycles. The molecule has 1 saturated heterocycles. The lowest BCUT2D eigenvalue weighted by Gasteiger charge is -2.19. The van der Waals surface area contributed by atoms with Crippen LogP contribution >= 0.6 is 11.6 Å². The molecular formula is C18H22ClN3O3. The zero-order valence-electron chi connectivity index (χ0n) is 14.0. The largest absolute Gasteiger partial charge is 0.356 e. The summed E-state index contributed by atoms with van der Waals surface area (Å²) in [5.74, 6) is -0.350. The smallest absolute Gasteiger partial charge is 0.325 e. The number of amides is 4. The molecular weight excluding hydrogens is 342 g/mol. The van der Waals surface area contributed by atoms with E-state index in [1.807, 2.05) is 18.2 Å². The number of urea groups is 1. The zero-order chi connectivity index (χ0) is 17.9. The van der Waals surface area contributed by atoms with E-state index < -0.39 is 5.54 Å². The fourth-order valence-electron chi connectivity index (χ4n) is 3.54. The molecule has 3 rings (SSSR count). The van der Waals surface area contributed by atoms with Crippen LogP contribution in [0, 0.1) is 0 Å². The summed E-state index contributed by atoms with van der Waals surface area (Å²) in [6, 6.07) is 7.11. The first-order valence-corrected chi connectivity index (χ1v) is 9.03. The minimum Gasteiger partial charge on any atom is -0.356 e. The Morgan fingerprint density at radius 2 is 2.04 bits per heavy atom. The van der Waals surface area contributed by atoms with Crippen LogP contribution in [-0.2, 0) is 16.0 Å². The second-order valence-electron chi connectivity index (χ2n) is 6.66. The van der Waals surface area contributed by atoms with Crippen LogP contribution in [0.1, 0.15) is 37.7 Å². The summed E-state index contributed by atoms with van der Waals surface area (Å²) in [6.45, 7) is 0.610. The van der Waals surface area contributed by atoms with Gasteiger partial charge in [0, 0.05) is 24.5 Å². The molecule has 2 fully saturated rings. The van der Waals surface area contributed by atoms with Gasteiger partial charge in [0.25, 0.3) is 5.91 Å². The zero-order valence-corrected chi connectivity index (χ0v) is 14.8. The van der Waals surface area contributed by atoms with Gasteiger partial charge in [-0.3, -0.25) is 14.5 Å². The summed E-state index contributed by atoms with van der Waals surface area (Å²) in [6.07, 6.45) is 4.08. The molecule has 1 spiro atoms. The highest BCUT2D eigenvalue weighted by atomic mass is 35.5. The Kier molecular flexibility index (Phi) is 5.27. The monoisotopic (exact) mass is 363 g/mol. The lowest BCUT2D eigenvalue weighted by atomic mass is 9.98. The summed E-state index contributed by atoms with van der Waals surface area (Å²) in [5, 5.41) is 6.30. The predicted molar refractivity (Wildman–Crippen MR) is 94.2 cm³/mol. The molecule has 1 aliphatic carbocycles. The summed E-state index contributed by atoms with van der Waals surface area (Å²) in [5.41, 5.74) is 0.338. The van der Waals surface area contributed by atoms with Gasteiger partial charge >= 0.3 is 6.03 Å². The maximum absolute atomic E-state index is 12.5. The second kappa shape index (κ2) is 7.44. The molecule has 4 amide bonds. The fourth-order valence-corrected chi connectivity index (χ4v) is 3.75. The van der Waals surface area contributed by atoms with Crippen molar-refractivity contribution in [3.63, 3.8) is 0 Å². The molecule has 0 atom stereocenters. The summed E-state index contributed by atoms with van der Waals surface area (Å²) in [4.78, 5) is 37.7. The Morgan fingerprint density at radius 1 is 1.28 bits per heavy atom. The highest BCUT2D eigenvalue weighted by Crippen LogP contribution is 2.34. The van der Waals surface area contributed by atoms with E-state index in [-0.39, 0.29) is 30.8 Å². The van der Waals surface area contributed by atoms with Crippen molar-refractivity contribution in [2.24, 2.45) is 0 Å². The number of halogens is 1.